The number of aromatic nitrogens is 1. The van der Waals surface area contributed by atoms with E-state index in [1.807, 2.05) is 0 Å². The molecule has 0 saturated carbocycles. The Labute approximate surface area is 81.5 Å². The third-order valence-corrected chi connectivity index (χ3v) is 1.84. The first kappa shape index (κ1) is 10.6. The van der Waals surface area contributed by atoms with Gasteiger partial charge in [0.15, 0.2) is 0 Å². The van der Waals surface area contributed by atoms with E-state index in [1.54, 1.807) is 12.3 Å². The summed E-state index contributed by atoms with van der Waals surface area (Å²) in [7, 11) is 1.53. The molecule has 0 aliphatic rings. The molecular weight excluding hydrogens is 184 g/mol. The largest absolute Gasteiger partial charge is 0.480 e. The number of hydrogen-bond acceptors (Lipinski definition) is 4. The molecule has 1 aromatic heterocycles. The van der Waals surface area contributed by atoms with Gasteiger partial charge in [0.25, 0.3) is 0 Å². The van der Waals surface area contributed by atoms with Gasteiger partial charge in [0, 0.05) is 25.1 Å². The number of pyridine rings is 1. The van der Waals surface area contributed by atoms with Gasteiger partial charge in [-0.3, -0.25) is 9.78 Å². The van der Waals surface area contributed by atoms with Crippen molar-refractivity contribution in [2.45, 2.75) is 12.6 Å². The molecule has 1 aromatic rings. The second-order valence-corrected chi connectivity index (χ2v) is 2.82. The van der Waals surface area contributed by atoms with Crippen LogP contribution in [0.25, 0.3) is 0 Å². The minimum atomic E-state index is -1.06. The Morgan fingerprint density at radius 3 is 3.07 bits per heavy atom. The molecule has 5 nitrogen and oxygen atoms in total. The Kier molecular flexibility index (Phi) is 3.55. The van der Waals surface area contributed by atoms with Crippen LogP contribution in [-0.4, -0.2) is 23.2 Å². The minimum Gasteiger partial charge on any atom is -0.480 e. The standard InChI is InChI=1S/C9H12N2O3/c1-14-5-6-4-11-3-2-7(6)8(10)9(12)13/h2-4,8H,5,10H2,1H3,(H,12,13). The van der Waals surface area contributed by atoms with Crippen LogP contribution in [0.15, 0.2) is 18.5 Å². The van der Waals surface area contributed by atoms with Gasteiger partial charge in [-0.25, -0.2) is 0 Å². The van der Waals surface area contributed by atoms with Crippen molar-refractivity contribution in [3.63, 3.8) is 0 Å². The first-order chi connectivity index (χ1) is 6.66. The quantitative estimate of drug-likeness (QED) is 0.724. The van der Waals surface area contributed by atoms with Gasteiger partial charge >= 0.3 is 5.97 Å². The number of rotatable bonds is 4. The molecular formula is C9H12N2O3. The van der Waals surface area contributed by atoms with Gasteiger partial charge in [-0.15, -0.1) is 0 Å². The molecule has 0 saturated heterocycles. The molecule has 0 bridgehead atoms. The van der Waals surface area contributed by atoms with E-state index >= 15 is 0 Å². The molecule has 0 aliphatic carbocycles. The molecule has 1 rings (SSSR count). The summed E-state index contributed by atoms with van der Waals surface area (Å²) in [6.07, 6.45) is 3.07. The summed E-state index contributed by atoms with van der Waals surface area (Å²) in [5, 5.41) is 8.74. The zero-order valence-electron chi connectivity index (χ0n) is 7.80. The Balaban J connectivity index is 3.00. The minimum absolute atomic E-state index is 0.310. The number of nitrogens with zero attached hydrogens (tertiary/aromatic N) is 1. The molecule has 5 heteroatoms. The molecule has 0 spiro atoms. The number of methoxy groups -OCH3 is 1. The molecule has 0 radical (unpaired) electrons. The average Bonchev–Trinajstić information content (AvgIpc) is 2.18. The molecule has 0 fully saturated rings. The highest BCUT2D eigenvalue weighted by Gasteiger charge is 2.17. The predicted molar refractivity (Wildman–Crippen MR) is 49.5 cm³/mol. The van der Waals surface area contributed by atoms with Crippen molar-refractivity contribution in [2.24, 2.45) is 5.73 Å². The van der Waals surface area contributed by atoms with E-state index in [0.717, 1.165) is 0 Å². The molecule has 14 heavy (non-hydrogen) atoms. The SMILES string of the molecule is COCc1cnccc1C(N)C(=O)O. The Morgan fingerprint density at radius 2 is 2.50 bits per heavy atom. The van der Waals surface area contributed by atoms with Gasteiger partial charge in [0.1, 0.15) is 6.04 Å². The van der Waals surface area contributed by atoms with Crippen LogP contribution in [0.2, 0.25) is 0 Å². The van der Waals surface area contributed by atoms with E-state index in [9.17, 15) is 4.79 Å². The first-order valence-corrected chi connectivity index (χ1v) is 4.07. The number of carboxylic acids is 1. The third-order valence-electron chi connectivity index (χ3n) is 1.84. The van der Waals surface area contributed by atoms with Crippen molar-refractivity contribution in [3.05, 3.63) is 29.6 Å². The smallest absolute Gasteiger partial charge is 0.325 e. The Morgan fingerprint density at radius 1 is 1.79 bits per heavy atom. The van der Waals surface area contributed by atoms with Crippen molar-refractivity contribution in [2.75, 3.05) is 7.11 Å². The van der Waals surface area contributed by atoms with Gasteiger partial charge in [0.2, 0.25) is 0 Å². The number of hydrogen-bond donors (Lipinski definition) is 2. The zero-order valence-corrected chi connectivity index (χ0v) is 7.80. The fourth-order valence-electron chi connectivity index (χ4n) is 1.15. The first-order valence-electron chi connectivity index (χ1n) is 4.07. The summed E-state index contributed by atoms with van der Waals surface area (Å²) in [6, 6.07) is 0.566. The van der Waals surface area contributed by atoms with Crippen LogP contribution in [0, 0.1) is 0 Å². The number of carboxylic acid groups (broad SMARTS) is 1. The lowest BCUT2D eigenvalue weighted by Gasteiger charge is -2.11. The third kappa shape index (κ3) is 2.27. The number of aliphatic carboxylic acids is 1. The summed E-state index contributed by atoms with van der Waals surface area (Å²) in [5.74, 6) is -1.06. The average molecular weight is 196 g/mol. The lowest BCUT2D eigenvalue weighted by Crippen LogP contribution is -2.22. The van der Waals surface area contributed by atoms with Crippen molar-refractivity contribution >= 4 is 5.97 Å². The summed E-state index contributed by atoms with van der Waals surface area (Å²) in [6.45, 7) is 0.310. The van der Waals surface area contributed by atoms with Crippen LogP contribution >= 0.6 is 0 Å². The molecule has 1 unspecified atom stereocenters. The number of carbonyl (C=O) groups is 1. The van der Waals surface area contributed by atoms with Crippen LogP contribution in [0.4, 0.5) is 0 Å². The molecule has 3 N–H and O–H groups in total. The summed E-state index contributed by atoms with van der Waals surface area (Å²) in [4.78, 5) is 14.5. The van der Waals surface area contributed by atoms with Gasteiger partial charge in [-0.1, -0.05) is 0 Å². The summed E-state index contributed by atoms with van der Waals surface area (Å²) >= 11 is 0. The second kappa shape index (κ2) is 4.69. The summed E-state index contributed by atoms with van der Waals surface area (Å²) < 4.78 is 4.91. The zero-order chi connectivity index (χ0) is 10.6. The number of nitrogens with two attached hydrogens (primary N) is 1. The van der Waals surface area contributed by atoms with Crippen LogP contribution < -0.4 is 5.73 Å². The Bertz CT molecular complexity index is 328. The van der Waals surface area contributed by atoms with E-state index in [0.29, 0.717) is 17.7 Å². The van der Waals surface area contributed by atoms with Gasteiger partial charge in [0.05, 0.1) is 6.61 Å². The highest BCUT2D eigenvalue weighted by Crippen LogP contribution is 2.15. The molecule has 1 atom stereocenters. The van der Waals surface area contributed by atoms with E-state index in [2.05, 4.69) is 4.98 Å². The Hall–Kier alpha value is -1.46. The highest BCUT2D eigenvalue weighted by atomic mass is 16.5. The van der Waals surface area contributed by atoms with E-state index < -0.39 is 12.0 Å². The van der Waals surface area contributed by atoms with Crippen LogP contribution in [-0.2, 0) is 16.1 Å². The lowest BCUT2D eigenvalue weighted by atomic mass is 10.0. The highest BCUT2D eigenvalue weighted by molar-refractivity contribution is 5.75. The monoisotopic (exact) mass is 196 g/mol. The molecule has 0 aromatic carbocycles. The van der Waals surface area contributed by atoms with E-state index in [-0.39, 0.29) is 0 Å². The van der Waals surface area contributed by atoms with Crippen LogP contribution in [0.1, 0.15) is 17.2 Å². The fourth-order valence-corrected chi connectivity index (χ4v) is 1.15. The van der Waals surface area contributed by atoms with Crippen molar-refractivity contribution in [1.29, 1.82) is 0 Å². The second-order valence-electron chi connectivity index (χ2n) is 2.82. The maximum atomic E-state index is 10.7. The summed E-state index contributed by atoms with van der Waals surface area (Å²) in [5.41, 5.74) is 6.72. The molecule has 1 heterocycles. The van der Waals surface area contributed by atoms with Gasteiger partial charge in [-0.05, 0) is 11.6 Å². The van der Waals surface area contributed by atoms with Crippen LogP contribution in [0.5, 0.6) is 0 Å². The fraction of sp³-hybridized carbons (Fsp3) is 0.333. The van der Waals surface area contributed by atoms with E-state index in [1.165, 1.54) is 13.3 Å². The maximum Gasteiger partial charge on any atom is 0.325 e. The maximum absolute atomic E-state index is 10.7. The normalized spacial score (nSPS) is 12.4. The predicted octanol–water partition coefficient (Wildman–Crippen LogP) is 0.312. The molecule has 76 valence electrons. The lowest BCUT2D eigenvalue weighted by molar-refractivity contribution is -0.138. The molecule has 0 aliphatic heterocycles. The topological polar surface area (TPSA) is 85.4 Å². The van der Waals surface area contributed by atoms with Crippen molar-refractivity contribution in [3.8, 4) is 0 Å². The van der Waals surface area contributed by atoms with Crippen LogP contribution in [0.3, 0.4) is 0 Å². The van der Waals surface area contributed by atoms with Gasteiger partial charge < -0.3 is 15.6 Å². The van der Waals surface area contributed by atoms with Gasteiger partial charge in [-0.2, -0.15) is 0 Å². The van der Waals surface area contributed by atoms with Crippen molar-refractivity contribution < 1.29 is 14.6 Å². The van der Waals surface area contributed by atoms with E-state index in [4.69, 9.17) is 15.6 Å². The van der Waals surface area contributed by atoms with Crippen molar-refractivity contribution in [1.82, 2.24) is 4.98 Å². The number of ether oxygens (including phenoxy) is 1. The molecule has 0 amide bonds.